The zero-order chi connectivity index (χ0) is 21.3. The SMILES string of the molecule is CCCCCCCCCCCCCCCCC(O)C[N+](C)(C)C(CC)C(=O)[O-]. The number of unbranched alkanes of at least 4 members (excludes halogenated alkanes) is 13. The molecule has 0 aromatic carbocycles. The Balaban J connectivity index is 3.54. The van der Waals surface area contributed by atoms with E-state index in [0.717, 1.165) is 12.8 Å². The Hall–Kier alpha value is -0.610. The van der Waals surface area contributed by atoms with Crippen LogP contribution >= 0.6 is 0 Å². The van der Waals surface area contributed by atoms with E-state index in [0.29, 0.717) is 17.4 Å². The van der Waals surface area contributed by atoms with Crippen LogP contribution in [0.1, 0.15) is 117 Å². The number of carboxylic acids is 1. The van der Waals surface area contributed by atoms with Crippen molar-refractivity contribution < 1.29 is 19.5 Å². The topological polar surface area (TPSA) is 60.4 Å². The van der Waals surface area contributed by atoms with Crippen LogP contribution in [0.3, 0.4) is 0 Å². The third kappa shape index (κ3) is 14.4. The van der Waals surface area contributed by atoms with Crippen molar-refractivity contribution >= 4 is 5.97 Å². The van der Waals surface area contributed by atoms with Crippen LogP contribution in [0.4, 0.5) is 0 Å². The Labute approximate surface area is 175 Å². The first-order valence-corrected chi connectivity index (χ1v) is 12.1. The monoisotopic (exact) mass is 399 g/mol. The zero-order valence-electron chi connectivity index (χ0n) is 19.4. The number of nitrogens with zero attached hydrogens (tertiary/aromatic N) is 1. The molecular weight excluding hydrogens is 350 g/mol. The summed E-state index contributed by atoms with van der Waals surface area (Å²) in [5.74, 6) is -1.02. The summed E-state index contributed by atoms with van der Waals surface area (Å²) >= 11 is 0. The van der Waals surface area contributed by atoms with E-state index in [9.17, 15) is 15.0 Å². The summed E-state index contributed by atoms with van der Waals surface area (Å²) in [5.41, 5.74) is 0. The summed E-state index contributed by atoms with van der Waals surface area (Å²) in [6, 6.07) is -0.550. The quantitative estimate of drug-likeness (QED) is 0.236. The van der Waals surface area contributed by atoms with Gasteiger partial charge in [-0.2, -0.15) is 0 Å². The van der Waals surface area contributed by atoms with Gasteiger partial charge in [0.05, 0.1) is 20.1 Å². The van der Waals surface area contributed by atoms with Gasteiger partial charge in [-0.05, 0) is 6.42 Å². The molecule has 0 spiro atoms. The summed E-state index contributed by atoms with van der Waals surface area (Å²) in [4.78, 5) is 11.2. The molecule has 1 N–H and O–H groups in total. The minimum atomic E-state index is -1.02. The lowest BCUT2D eigenvalue weighted by molar-refractivity contribution is -0.911. The first kappa shape index (κ1) is 27.4. The molecule has 168 valence electrons. The maximum absolute atomic E-state index is 11.2. The van der Waals surface area contributed by atoms with Crippen molar-refractivity contribution in [1.29, 1.82) is 0 Å². The predicted molar refractivity (Wildman–Crippen MR) is 117 cm³/mol. The minimum Gasteiger partial charge on any atom is -0.544 e. The van der Waals surface area contributed by atoms with E-state index in [-0.39, 0.29) is 0 Å². The normalized spacial score (nSPS) is 14.2. The summed E-state index contributed by atoms with van der Waals surface area (Å²) in [7, 11) is 3.75. The van der Waals surface area contributed by atoms with E-state index in [1.165, 1.54) is 83.5 Å². The van der Waals surface area contributed by atoms with Gasteiger partial charge in [0, 0.05) is 6.42 Å². The average molecular weight is 400 g/mol. The van der Waals surface area contributed by atoms with Crippen LogP contribution in [-0.4, -0.2) is 48.3 Å². The first-order chi connectivity index (χ1) is 13.3. The molecule has 2 atom stereocenters. The molecule has 0 heterocycles. The van der Waals surface area contributed by atoms with Gasteiger partial charge < -0.3 is 19.5 Å². The Morgan fingerprint density at radius 1 is 0.786 bits per heavy atom. The maximum Gasteiger partial charge on any atom is 0.129 e. The lowest BCUT2D eigenvalue weighted by Crippen LogP contribution is -2.59. The van der Waals surface area contributed by atoms with Crippen LogP contribution in [0.15, 0.2) is 0 Å². The Bertz CT molecular complexity index is 371. The third-order valence-electron chi connectivity index (χ3n) is 6.07. The van der Waals surface area contributed by atoms with Crippen LogP contribution in [0.25, 0.3) is 0 Å². The minimum absolute atomic E-state index is 0.290. The van der Waals surface area contributed by atoms with Gasteiger partial charge in [-0.25, -0.2) is 0 Å². The largest absolute Gasteiger partial charge is 0.544 e. The molecule has 0 amide bonds. The fraction of sp³-hybridized carbons (Fsp3) is 0.958. The first-order valence-electron chi connectivity index (χ1n) is 12.1. The van der Waals surface area contributed by atoms with Crippen molar-refractivity contribution in [2.45, 2.75) is 129 Å². The molecule has 4 heteroatoms. The number of hydrogen-bond donors (Lipinski definition) is 1. The van der Waals surface area contributed by atoms with Gasteiger partial charge in [0.1, 0.15) is 18.7 Å². The molecule has 0 aliphatic carbocycles. The van der Waals surface area contributed by atoms with E-state index in [4.69, 9.17) is 0 Å². The number of hydrogen-bond acceptors (Lipinski definition) is 3. The van der Waals surface area contributed by atoms with Gasteiger partial charge in [0.15, 0.2) is 0 Å². The average Bonchev–Trinajstić information content (AvgIpc) is 2.61. The van der Waals surface area contributed by atoms with Crippen LogP contribution < -0.4 is 5.11 Å². The Morgan fingerprint density at radius 3 is 1.54 bits per heavy atom. The molecule has 0 aromatic heterocycles. The van der Waals surface area contributed by atoms with Gasteiger partial charge in [-0.3, -0.25) is 0 Å². The van der Waals surface area contributed by atoms with E-state index in [1.54, 1.807) is 0 Å². The number of rotatable bonds is 20. The predicted octanol–water partition coefficient (Wildman–Crippen LogP) is 4.82. The molecule has 0 aromatic rings. The van der Waals surface area contributed by atoms with Crippen molar-refractivity contribution in [3.8, 4) is 0 Å². The van der Waals surface area contributed by atoms with E-state index in [1.807, 2.05) is 21.0 Å². The van der Waals surface area contributed by atoms with Crippen molar-refractivity contribution in [2.24, 2.45) is 0 Å². The number of aliphatic hydroxyl groups excluding tert-OH is 1. The lowest BCUT2D eigenvalue weighted by atomic mass is 10.0. The standard InChI is InChI=1S/C24H49NO3/c1-5-7-8-9-10-11-12-13-14-15-16-17-18-19-20-22(26)21-25(3,4)23(6-2)24(27)28/h22-23,26H,5-21H2,1-4H3. The second kappa shape index (κ2) is 17.3. The third-order valence-corrected chi connectivity index (χ3v) is 6.07. The van der Waals surface area contributed by atoms with Gasteiger partial charge in [0.25, 0.3) is 0 Å². The molecule has 28 heavy (non-hydrogen) atoms. The van der Waals surface area contributed by atoms with Gasteiger partial charge in [-0.1, -0.05) is 104 Å². The summed E-state index contributed by atoms with van der Waals surface area (Å²) < 4.78 is 0.290. The molecule has 0 aliphatic rings. The Kier molecular flexibility index (Phi) is 16.9. The van der Waals surface area contributed by atoms with Crippen molar-refractivity contribution in [3.05, 3.63) is 0 Å². The molecular formula is C24H49NO3. The fourth-order valence-corrected chi connectivity index (χ4v) is 4.28. The van der Waals surface area contributed by atoms with Crippen LogP contribution in [0, 0.1) is 0 Å². The molecule has 0 radical (unpaired) electrons. The Morgan fingerprint density at radius 2 is 1.18 bits per heavy atom. The molecule has 0 aliphatic heterocycles. The number of quaternary nitrogens is 1. The highest BCUT2D eigenvalue weighted by molar-refractivity contribution is 5.69. The highest BCUT2D eigenvalue weighted by Gasteiger charge is 2.30. The molecule has 4 nitrogen and oxygen atoms in total. The van der Waals surface area contributed by atoms with Gasteiger partial charge >= 0.3 is 0 Å². The zero-order valence-corrected chi connectivity index (χ0v) is 19.4. The highest BCUT2D eigenvalue weighted by Crippen LogP contribution is 2.16. The number of carbonyl (C=O) groups excluding carboxylic acids is 1. The van der Waals surface area contributed by atoms with E-state index in [2.05, 4.69) is 6.92 Å². The number of carbonyl (C=O) groups is 1. The summed E-state index contributed by atoms with van der Waals surface area (Å²) in [6.07, 6.45) is 19.5. The van der Waals surface area contributed by atoms with E-state index < -0.39 is 18.1 Å². The van der Waals surface area contributed by atoms with Crippen LogP contribution in [0.2, 0.25) is 0 Å². The van der Waals surface area contributed by atoms with Crippen molar-refractivity contribution in [2.75, 3.05) is 20.6 Å². The van der Waals surface area contributed by atoms with E-state index >= 15 is 0 Å². The van der Waals surface area contributed by atoms with Crippen molar-refractivity contribution in [3.63, 3.8) is 0 Å². The second-order valence-electron chi connectivity index (χ2n) is 9.24. The van der Waals surface area contributed by atoms with Gasteiger partial charge in [0.2, 0.25) is 0 Å². The molecule has 0 fully saturated rings. The number of carboxylic acid groups (broad SMARTS) is 1. The second-order valence-corrected chi connectivity index (χ2v) is 9.24. The lowest BCUT2D eigenvalue weighted by Gasteiger charge is -2.39. The highest BCUT2D eigenvalue weighted by atomic mass is 16.4. The maximum atomic E-state index is 11.2. The van der Waals surface area contributed by atoms with Crippen molar-refractivity contribution in [1.82, 2.24) is 0 Å². The summed E-state index contributed by atoms with van der Waals surface area (Å²) in [5, 5.41) is 21.5. The van der Waals surface area contributed by atoms with Gasteiger partial charge in [-0.15, -0.1) is 0 Å². The number of likely N-dealkylation sites (N-methyl/N-ethyl adjacent to an activating group) is 1. The molecule has 0 saturated carbocycles. The fourth-order valence-electron chi connectivity index (χ4n) is 4.28. The summed E-state index contributed by atoms with van der Waals surface area (Å²) in [6.45, 7) is 4.61. The smallest absolute Gasteiger partial charge is 0.129 e. The number of aliphatic hydroxyl groups is 1. The number of aliphatic carboxylic acids is 1. The molecule has 2 unspecified atom stereocenters. The molecule has 0 saturated heterocycles. The van der Waals surface area contributed by atoms with Crippen LogP contribution in [0.5, 0.6) is 0 Å². The molecule has 0 bridgehead atoms. The van der Waals surface area contributed by atoms with Crippen LogP contribution in [-0.2, 0) is 4.79 Å². The molecule has 0 rings (SSSR count).